The van der Waals surface area contributed by atoms with E-state index >= 15 is 0 Å². The lowest BCUT2D eigenvalue weighted by atomic mass is 9.93. The van der Waals surface area contributed by atoms with Crippen LogP contribution in [0.15, 0.2) is 79.0 Å². The minimum Gasteiger partial charge on any atom is -0.348 e. The Labute approximate surface area is 189 Å². The number of carbonyl (C=O) groups is 1. The highest BCUT2D eigenvalue weighted by Crippen LogP contribution is 2.37. The second-order valence-electron chi connectivity index (χ2n) is 7.39. The van der Waals surface area contributed by atoms with Crippen molar-refractivity contribution >= 4 is 34.5 Å². The molecule has 33 heavy (non-hydrogen) atoms. The van der Waals surface area contributed by atoms with Gasteiger partial charge in [0.05, 0.1) is 21.5 Å². The Morgan fingerprint density at radius 1 is 0.939 bits per heavy atom. The van der Waals surface area contributed by atoms with Crippen molar-refractivity contribution in [2.75, 3.05) is 11.4 Å². The van der Waals surface area contributed by atoms with Crippen LogP contribution in [0.3, 0.4) is 0 Å². The Morgan fingerprint density at radius 3 is 2.36 bits per heavy atom. The van der Waals surface area contributed by atoms with Crippen LogP contribution in [0.25, 0.3) is 11.6 Å². The van der Waals surface area contributed by atoms with Crippen molar-refractivity contribution in [1.82, 2.24) is 0 Å². The predicted octanol–water partition coefficient (Wildman–Crippen LogP) is 5.63. The van der Waals surface area contributed by atoms with Crippen molar-refractivity contribution in [3.05, 3.63) is 121 Å². The summed E-state index contributed by atoms with van der Waals surface area (Å²) in [7, 11) is 0. The zero-order valence-corrected chi connectivity index (χ0v) is 17.7. The highest BCUT2D eigenvalue weighted by atomic mass is 16.6. The smallest absolute Gasteiger partial charge is 0.283 e. The highest BCUT2D eigenvalue weighted by molar-refractivity contribution is 6.10. The van der Waals surface area contributed by atoms with Crippen molar-refractivity contribution in [1.29, 1.82) is 0 Å². The van der Waals surface area contributed by atoms with Crippen LogP contribution in [-0.4, -0.2) is 22.2 Å². The minimum atomic E-state index is -0.666. The molecule has 164 valence electrons. The largest absolute Gasteiger partial charge is 0.348 e. The molecular weight excluding hydrogens is 422 g/mol. The van der Waals surface area contributed by atoms with Crippen molar-refractivity contribution < 1.29 is 14.6 Å². The van der Waals surface area contributed by atoms with Crippen LogP contribution in [0.2, 0.25) is 0 Å². The highest BCUT2D eigenvalue weighted by Gasteiger charge is 2.22. The van der Waals surface area contributed by atoms with Gasteiger partial charge in [-0.1, -0.05) is 30.3 Å². The van der Waals surface area contributed by atoms with Crippen molar-refractivity contribution in [2.24, 2.45) is 0 Å². The van der Waals surface area contributed by atoms with Crippen molar-refractivity contribution in [3.63, 3.8) is 0 Å². The zero-order chi connectivity index (χ0) is 23.5. The van der Waals surface area contributed by atoms with Crippen LogP contribution in [0, 0.1) is 20.2 Å². The Morgan fingerprint density at radius 2 is 1.70 bits per heavy atom. The van der Waals surface area contributed by atoms with Gasteiger partial charge in [0.2, 0.25) is 0 Å². The molecule has 0 fully saturated rings. The molecule has 4 rings (SSSR count). The van der Waals surface area contributed by atoms with Crippen LogP contribution in [0.1, 0.15) is 34.0 Å². The van der Waals surface area contributed by atoms with Gasteiger partial charge >= 0.3 is 0 Å². The second-order valence-corrected chi connectivity index (χ2v) is 7.39. The fourth-order valence-electron chi connectivity index (χ4n) is 3.75. The van der Waals surface area contributed by atoms with E-state index in [1.165, 1.54) is 12.1 Å². The molecule has 0 saturated heterocycles. The number of nitrogens with zero attached hydrogens (tertiary/aromatic N) is 3. The van der Waals surface area contributed by atoms with Crippen LogP contribution >= 0.6 is 0 Å². The van der Waals surface area contributed by atoms with E-state index in [2.05, 4.69) is 0 Å². The average molecular weight is 441 g/mol. The topological polar surface area (TPSA) is 107 Å². The summed E-state index contributed by atoms with van der Waals surface area (Å²) in [4.78, 5) is 36.3. The molecule has 0 N–H and O–H groups in total. The first-order chi connectivity index (χ1) is 15.9. The number of anilines is 1. The minimum absolute atomic E-state index is 0.128. The number of carbonyl (C=O) groups excluding carboxylic acids is 1. The maximum absolute atomic E-state index is 13.0. The quantitative estimate of drug-likeness (QED) is 0.279. The lowest BCUT2D eigenvalue weighted by Gasteiger charge is -2.27. The normalized spacial score (nSPS) is 13.6. The molecule has 0 radical (unpaired) electrons. The molecule has 0 spiro atoms. The number of rotatable bonds is 6. The van der Waals surface area contributed by atoms with E-state index in [9.17, 15) is 25.0 Å². The molecule has 0 unspecified atom stereocenters. The third-order valence-electron chi connectivity index (χ3n) is 5.42. The molecule has 3 aromatic rings. The Kier molecular flexibility index (Phi) is 5.82. The van der Waals surface area contributed by atoms with Gasteiger partial charge in [-0.2, -0.15) is 0 Å². The standard InChI is InChI=1S/C25H19N3O5/c1-2-26-13-12-18(14-19-8-10-21(27(30)31)16-24(19)28(32)33)22-15-20(9-11-23(22)26)25(29)17-6-4-3-5-7-17/h3-16H,2H2,1H3/b18-14-. The number of hydrogen-bond donors (Lipinski definition) is 0. The third kappa shape index (κ3) is 4.27. The van der Waals surface area contributed by atoms with Gasteiger partial charge in [-0.25, -0.2) is 0 Å². The van der Waals surface area contributed by atoms with Gasteiger partial charge in [0, 0.05) is 41.2 Å². The fourth-order valence-corrected chi connectivity index (χ4v) is 3.75. The molecule has 0 bridgehead atoms. The van der Waals surface area contributed by atoms with E-state index in [0.29, 0.717) is 23.2 Å². The molecule has 0 amide bonds. The Hall–Kier alpha value is -4.59. The second kappa shape index (κ2) is 8.88. The van der Waals surface area contributed by atoms with E-state index in [1.807, 2.05) is 36.2 Å². The number of allylic oxidation sites excluding steroid dienone is 2. The zero-order valence-electron chi connectivity index (χ0n) is 17.7. The summed E-state index contributed by atoms with van der Waals surface area (Å²) in [5.41, 5.74) is 2.85. The molecule has 1 heterocycles. The SMILES string of the molecule is CCN1C=C/C(=C/c2ccc([N+](=O)[O-])cc2[N+](=O)[O-])c2cc(C(=O)c3ccccc3)ccc21. The molecule has 8 heteroatoms. The van der Waals surface area contributed by atoms with Crippen LogP contribution in [0.4, 0.5) is 17.1 Å². The Bertz CT molecular complexity index is 1330. The molecule has 1 aliphatic rings. The van der Waals surface area contributed by atoms with Gasteiger partial charge < -0.3 is 4.90 Å². The number of non-ortho nitro benzene ring substituents is 1. The summed E-state index contributed by atoms with van der Waals surface area (Å²) in [6.07, 6.45) is 5.29. The summed E-state index contributed by atoms with van der Waals surface area (Å²) in [5.74, 6) is -0.128. The molecule has 8 nitrogen and oxygen atoms in total. The number of nitro groups is 2. The van der Waals surface area contributed by atoms with Crippen molar-refractivity contribution in [2.45, 2.75) is 6.92 Å². The summed E-state index contributed by atoms with van der Waals surface area (Å²) >= 11 is 0. The molecular formula is C25H19N3O5. The first-order valence-corrected chi connectivity index (χ1v) is 10.2. The van der Waals surface area contributed by atoms with E-state index in [-0.39, 0.29) is 22.7 Å². The molecule has 0 aliphatic carbocycles. The number of nitro benzene ring substituents is 2. The Balaban J connectivity index is 1.84. The van der Waals surface area contributed by atoms with Gasteiger partial charge in [-0.15, -0.1) is 0 Å². The number of benzene rings is 3. The fraction of sp³-hybridized carbons (Fsp3) is 0.0800. The van der Waals surface area contributed by atoms with Crippen LogP contribution in [-0.2, 0) is 0 Å². The molecule has 0 atom stereocenters. The van der Waals surface area contributed by atoms with Crippen LogP contribution in [0.5, 0.6) is 0 Å². The predicted molar refractivity (Wildman–Crippen MR) is 126 cm³/mol. The number of hydrogen-bond acceptors (Lipinski definition) is 6. The summed E-state index contributed by atoms with van der Waals surface area (Å²) in [6.45, 7) is 2.69. The summed E-state index contributed by atoms with van der Waals surface area (Å²) in [6, 6.07) is 17.9. The van der Waals surface area contributed by atoms with E-state index < -0.39 is 9.85 Å². The van der Waals surface area contributed by atoms with Crippen LogP contribution < -0.4 is 4.90 Å². The average Bonchev–Trinajstić information content (AvgIpc) is 2.84. The lowest BCUT2D eigenvalue weighted by molar-refractivity contribution is -0.394. The van der Waals surface area contributed by atoms with E-state index in [4.69, 9.17) is 0 Å². The first-order valence-electron chi connectivity index (χ1n) is 10.2. The molecule has 0 saturated carbocycles. The monoisotopic (exact) mass is 441 g/mol. The summed E-state index contributed by atoms with van der Waals surface area (Å²) in [5, 5.41) is 22.6. The maximum atomic E-state index is 13.0. The van der Waals surface area contributed by atoms with E-state index in [1.54, 1.807) is 42.5 Å². The van der Waals surface area contributed by atoms with Crippen molar-refractivity contribution in [3.8, 4) is 0 Å². The lowest BCUT2D eigenvalue weighted by Crippen LogP contribution is -2.19. The maximum Gasteiger partial charge on any atom is 0.283 e. The van der Waals surface area contributed by atoms with Gasteiger partial charge in [0.25, 0.3) is 11.4 Å². The number of fused-ring (bicyclic) bond motifs is 1. The molecule has 3 aromatic carbocycles. The van der Waals surface area contributed by atoms with E-state index in [0.717, 1.165) is 17.3 Å². The van der Waals surface area contributed by atoms with Gasteiger partial charge in [-0.3, -0.25) is 25.0 Å². The first kappa shape index (κ1) is 21.6. The summed E-state index contributed by atoms with van der Waals surface area (Å²) < 4.78 is 0. The van der Waals surface area contributed by atoms with Gasteiger partial charge in [-0.05, 0) is 48.9 Å². The third-order valence-corrected chi connectivity index (χ3v) is 5.42. The molecule has 0 aromatic heterocycles. The van der Waals surface area contributed by atoms with Gasteiger partial charge in [0.15, 0.2) is 5.78 Å². The van der Waals surface area contributed by atoms with Gasteiger partial charge in [0.1, 0.15) is 0 Å². The number of ketones is 1. The molecule has 1 aliphatic heterocycles.